The van der Waals surface area contributed by atoms with E-state index in [1.54, 1.807) is 0 Å². The van der Waals surface area contributed by atoms with E-state index in [1.165, 1.54) is 0 Å². The topological polar surface area (TPSA) is 71.5 Å². The lowest BCUT2D eigenvalue weighted by Gasteiger charge is -2.32. The van der Waals surface area contributed by atoms with E-state index in [9.17, 15) is 9.59 Å². The van der Waals surface area contributed by atoms with Crippen LogP contribution in [-0.2, 0) is 22.5 Å². The normalized spacial score (nSPS) is 17.5. The zero-order valence-corrected chi connectivity index (χ0v) is 17.2. The number of pyridine rings is 1. The number of nitrogens with zero attached hydrogens (tertiary/aromatic N) is 2. The largest absolute Gasteiger partial charge is 0.452 e. The second-order valence-corrected chi connectivity index (χ2v) is 8.37. The van der Waals surface area contributed by atoms with Gasteiger partial charge in [0.15, 0.2) is 6.61 Å². The summed E-state index contributed by atoms with van der Waals surface area (Å²) >= 11 is 0. The molecule has 6 heteroatoms. The molecule has 1 aromatic carbocycles. The van der Waals surface area contributed by atoms with Gasteiger partial charge in [-0.3, -0.25) is 14.7 Å². The molecule has 2 heterocycles. The number of esters is 1. The summed E-state index contributed by atoms with van der Waals surface area (Å²) in [5, 5.41) is 3.76. The van der Waals surface area contributed by atoms with Crippen LogP contribution in [0.15, 0.2) is 24.3 Å². The summed E-state index contributed by atoms with van der Waals surface area (Å²) in [5.74, 6) is -0.659. The van der Waals surface area contributed by atoms with Crippen LogP contribution in [0.3, 0.4) is 0 Å². The Morgan fingerprint density at radius 2 is 2.00 bits per heavy atom. The third-order valence-electron chi connectivity index (χ3n) is 6.07. The number of rotatable bonds is 5. The van der Waals surface area contributed by atoms with Crippen LogP contribution in [0.25, 0.3) is 10.9 Å². The molecule has 2 aromatic rings. The number of nitrogens with one attached hydrogen (secondary N) is 1. The second kappa shape index (κ2) is 8.49. The molecule has 1 N–H and O–H groups in total. The average Bonchev–Trinajstić information content (AvgIpc) is 3.22. The van der Waals surface area contributed by atoms with Crippen LogP contribution >= 0.6 is 0 Å². The highest BCUT2D eigenvalue weighted by Gasteiger charge is 2.28. The lowest BCUT2D eigenvalue weighted by molar-refractivity contribution is -0.124. The Balaban J connectivity index is 1.58. The Labute approximate surface area is 171 Å². The van der Waals surface area contributed by atoms with Gasteiger partial charge < -0.3 is 10.1 Å². The molecule has 1 fully saturated rings. The van der Waals surface area contributed by atoms with Crippen molar-refractivity contribution in [1.29, 1.82) is 0 Å². The fourth-order valence-electron chi connectivity index (χ4n) is 4.43. The molecule has 0 unspecified atom stereocenters. The summed E-state index contributed by atoms with van der Waals surface area (Å²) in [5.41, 5.74) is 3.25. The zero-order valence-electron chi connectivity index (χ0n) is 17.2. The molecule has 0 saturated heterocycles. The number of para-hydroxylation sites is 1. The lowest BCUT2D eigenvalue weighted by atomic mass is 9.95. The SMILES string of the molecule is CC(C)N1CCc2nc3ccccc3c(C(=O)OCC(=O)NC3CCCC3)c2C1. The standard InChI is InChI=1S/C23H29N3O3/c1-15(2)26-12-11-20-18(13-26)22(17-9-5-6-10-19(17)25-20)23(28)29-14-21(27)24-16-7-3-4-8-16/h5-6,9-10,15-16H,3-4,7-8,11-14H2,1-2H3,(H,24,27). The Kier molecular flexibility index (Phi) is 5.81. The molecule has 4 rings (SSSR count). The Hall–Kier alpha value is -2.47. The molecule has 1 aliphatic carbocycles. The number of benzene rings is 1. The smallest absolute Gasteiger partial charge is 0.339 e. The van der Waals surface area contributed by atoms with E-state index in [2.05, 4.69) is 24.1 Å². The van der Waals surface area contributed by atoms with E-state index >= 15 is 0 Å². The molecule has 1 amide bonds. The predicted molar refractivity (Wildman–Crippen MR) is 112 cm³/mol. The van der Waals surface area contributed by atoms with Crippen molar-refractivity contribution in [2.45, 2.75) is 64.6 Å². The van der Waals surface area contributed by atoms with E-state index in [-0.39, 0.29) is 18.6 Å². The molecule has 2 aliphatic rings. The van der Waals surface area contributed by atoms with Crippen molar-refractivity contribution in [1.82, 2.24) is 15.2 Å². The lowest BCUT2D eigenvalue weighted by Crippen LogP contribution is -2.38. The molecular weight excluding hydrogens is 366 g/mol. The summed E-state index contributed by atoms with van der Waals surface area (Å²) in [6.07, 6.45) is 5.11. The highest BCUT2D eigenvalue weighted by Crippen LogP contribution is 2.29. The molecule has 29 heavy (non-hydrogen) atoms. The van der Waals surface area contributed by atoms with Gasteiger partial charge in [0.2, 0.25) is 0 Å². The van der Waals surface area contributed by atoms with Crippen LogP contribution in [-0.4, -0.2) is 47.0 Å². The van der Waals surface area contributed by atoms with Gasteiger partial charge in [0.05, 0.1) is 11.1 Å². The zero-order chi connectivity index (χ0) is 20.4. The van der Waals surface area contributed by atoms with Crippen LogP contribution in [0, 0.1) is 0 Å². The highest BCUT2D eigenvalue weighted by atomic mass is 16.5. The minimum atomic E-state index is -0.438. The number of amides is 1. The molecule has 154 valence electrons. The quantitative estimate of drug-likeness (QED) is 0.787. The van der Waals surface area contributed by atoms with Gasteiger partial charge in [-0.15, -0.1) is 0 Å². The first-order chi connectivity index (χ1) is 14.0. The van der Waals surface area contributed by atoms with Crippen molar-refractivity contribution >= 4 is 22.8 Å². The highest BCUT2D eigenvalue weighted by molar-refractivity contribution is 6.05. The molecule has 1 saturated carbocycles. The number of carbonyl (C=O) groups is 2. The van der Waals surface area contributed by atoms with E-state index < -0.39 is 5.97 Å². The van der Waals surface area contributed by atoms with Crippen molar-refractivity contribution < 1.29 is 14.3 Å². The van der Waals surface area contributed by atoms with Crippen molar-refractivity contribution in [2.24, 2.45) is 0 Å². The third-order valence-corrected chi connectivity index (χ3v) is 6.07. The summed E-state index contributed by atoms with van der Waals surface area (Å²) in [4.78, 5) is 32.5. The molecule has 0 spiro atoms. The van der Waals surface area contributed by atoms with Crippen LogP contribution in [0.2, 0.25) is 0 Å². The van der Waals surface area contributed by atoms with Gasteiger partial charge in [-0.1, -0.05) is 31.0 Å². The number of carbonyl (C=O) groups excluding carboxylic acids is 2. The molecule has 6 nitrogen and oxygen atoms in total. The van der Waals surface area contributed by atoms with Crippen molar-refractivity contribution in [3.8, 4) is 0 Å². The summed E-state index contributed by atoms with van der Waals surface area (Å²) in [6, 6.07) is 8.27. The number of ether oxygens (including phenoxy) is 1. The minimum absolute atomic E-state index is 0.218. The maximum atomic E-state index is 13.1. The van der Waals surface area contributed by atoms with Gasteiger partial charge in [-0.25, -0.2) is 4.79 Å². The van der Waals surface area contributed by atoms with Gasteiger partial charge in [-0.2, -0.15) is 0 Å². The number of aromatic nitrogens is 1. The molecule has 0 atom stereocenters. The van der Waals surface area contributed by atoms with E-state index in [0.717, 1.165) is 60.8 Å². The van der Waals surface area contributed by atoms with E-state index in [0.29, 0.717) is 18.2 Å². The third kappa shape index (κ3) is 4.27. The Morgan fingerprint density at radius 3 is 2.76 bits per heavy atom. The summed E-state index contributed by atoms with van der Waals surface area (Å²) in [7, 11) is 0. The monoisotopic (exact) mass is 395 g/mol. The van der Waals surface area contributed by atoms with Crippen molar-refractivity contribution in [3.05, 3.63) is 41.1 Å². The fourth-order valence-corrected chi connectivity index (χ4v) is 4.43. The maximum Gasteiger partial charge on any atom is 0.339 e. The molecule has 1 aromatic heterocycles. The molecular formula is C23H29N3O3. The number of hydrogen-bond donors (Lipinski definition) is 1. The Morgan fingerprint density at radius 1 is 1.24 bits per heavy atom. The number of fused-ring (bicyclic) bond motifs is 2. The molecule has 0 radical (unpaired) electrons. The maximum absolute atomic E-state index is 13.1. The Bertz CT molecular complexity index is 919. The van der Waals surface area contributed by atoms with Crippen molar-refractivity contribution in [2.75, 3.05) is 13.2 Å². The first kappa shape index (κ1) is 19.8. The molecule has 1 aliphatic heterocycles. The van der Waals surface area contributed by atoms with E-state index in [1.807, 2.05) is 24.3 Å². The van der Waals surface area contributed by atoms with Gasteiger partial charge in [0.1, 0.15) is 0 Å². The molecule has 0 bridgehead atoms. The average molecular weight is 396 g/mol. The van der Waals surface area contributed by atoms with Gasteiger partial charge in [0.25, 0.3) is 5.91 Å². The van der Waals surface area contributed by atoms with Gasteiger partial charge >= 0.3 is 5.97 Å². The first-order valence-electron chi connectivity index (χ1n) is 10.6. The van der Waals surface area contributed by atoms with Crippen LogP contribution < -0.4 is 5.32 Å². The summed E-state index contributed by atoms with van der Waals surface area (Å²) < 4.78 is 5.47. The van der Waals surface area contributed by atoms with Gasteiger partial charge in [0, 0.05) is 48.2 Å². The van der Waals surface area contributed by atoms with Crippen LogP contribution in [0.4, 0.5) is 0 Å². The van der Waals surface area contributed by atoms with Gasteiger partial charge in [-0.05, 0) is 32.8 Å². The first-order valence-corrected chi connectivity index (χ1v) is 10.6. The summed E-state index contributed by atoms with van der Waals surface area (Å²) in [6.45, 7) is 5.67. The van der Waals surface area contributed by atoms with Crippen LogP contribution in [0.5, 0.6) is 0 Å². The second-order valence-electron chi connectivity index (χ2n) is 8.37. The van der Waals surface area contributed by atoms with Crippen LogP contribution in [0.1, 0.15) is 61.1 Å². The fraction of sp³-hybridized carbons (Fsp3) is 0.522. The predicted octanol–water partition coefficient (Wildman–Crippen LogP) is 3.22. The van der Waals surface area contributed by atoms with E-state index in [4.69, 9.17) is 9.72 Å². The van der Waals surface area contributed by atoms with Crippen molar-refractivity contribution in [3.63, 3.8) is 0 Å². The number of hydrogen-bond acceptors (Lipinski definition) is 5. The minimum Gasteiger partial charge on any atom is -0.452 e.